The lowest BCUT2D eigenvalue weighted by Gasteiger charge is -2.33. The normalized spacial score (nSPS) is 19.0. The van der Waals surface area contributed by atoms with E-state index in [1.165, 1.54) is 32.1 Å². The number of nitrogens with zero attached hydrogens (tertiary/aromatic N) is 1. The summed E-state index contributed by atoms with van der Waals surface area (Å²) in [6.45, 7) is 3.35. The third kappa shape index (κ3) is 3.59. The van der Waals surface area contributed by atoms with Gasteiger partial charge < -0.3 is 5.32 Å². The molecule has 2 nitrogen and oxygen atoms in total. The fourth-order valence-electron chi connectivity index (χ4n) is 2.42. The summed E-state index contributed by atoms with van der Waals surface area (Å²) < 4.78 is 0.935. The largest absolute Gasteiger partial charge is 0.369 e. The Hall–Kier alpha value is -0.280. The van der Waals surface area contributed by atoms with Gasteiger partial charge in [-0.05, 0) is 40.3 Å². The molecule has 0 bridgehead atoms. The maximum Gasteiger partial charge on any atom is 0.140 e. The highest BCUT2D eigenvalue weighted by atomic mass is 79.9. The molecule has 1 heterocycles. The van der Waals surface area contributed by atoms with Gasteiger partial charge in [0.1, 0.15) is 5.82 Å². The number of aromatic nitrogens is 1. The molecular weight excluding hydrogens is 300 g/mol. The molecule has 1 aromatic heterocycles. The van der Waals surface area contributed by atoms with Gasteiger partial charge in [-0.3, -0.25) is 0 Å². The minimum absolute atomic E-state index is 0.416. The molecule has 1 aromatic rings. The van der Waals surface area contributed by atoms with E-state index in [1.54, 1.807) is 6.20 Å². The molecule has 4 heteroatoms. The smallest absolute Gasteiger partial charge is 0.140 e. The topological polar surface area (TPSA) is 24.9 Å². The lowest BCUT2D eigenvalue weighted by molar-refractivity contribution is 0.233. The van der Waals surface area contributed by atoms with Crippen molar-refractivity contribution in [3.05, 3.63) is 21.8 Å². The minimum atomic E-state index is 0.416. The number of hydrogen-bond donors (Lipinski definition) is 1. The van der Waals surface area contributed by atoms with Crippen LogP contribution >= 0.6 is 27.5 Å². The Balaban J connectivity index is 1.97. The first kappa shape index (κ1) is 13.2. The second-order valence-corrected chi connectivity index (χ2v) is 6.50. The van der Waals surface area contributed by atoms with E-state index in [0.29, 0.717) is 10.4 Å². The first-order chi connectivity index (χ1) is 8.09. The lowest BCUT2D eigenvalue weighted by Crippen LogP contribution is -2.29. The zero-order valence-corrected chi connectivity index (χ0v) is 12.4. The standard InChI is InChI=1S/C13H18BrClN2/c1-13(5-3-2-4-6-13)9-17-12-11(14)7-10(15)8-16-12/h7-8H,2-6,9H2,1H3,(H,16,17). The molecule has 1 fully saturated rings. The van der Waals surface area contributed by atoms with E-state index >= 15 is 0 Å². The van der Waals surface area contributed by atoms with Crippen LogP contribution in [0.1, 0.15) is 39.0 Å². The van der Waals surface area contributed by atoms with Crippen LogP contribution in [0.4, 0.5) is 5.82 Å². The molecule has 1 N–H and O–H groups in total. The van der Waals surface area contributed by atoms with Crippen LogP contribution in [0, 0.1) is 5.41 Å². The van der Waals surface area contributed by atoms with Crippen LogP contribution in [-0.4, -0.2) is 11.5 Å². The van der Waals surface area contributed by atoms with Crippen LogP contribution in [-0.2, 0) is 0 Å². The van der Waals surface area contributed by atoms with Crippen molar-refractivity contribution in [3.63, 3.8) is 0 Å². The highest BCUT2D eigenvalue weighted by Gasteiger charge is 2.26. The fourth-order valence-corrected chi connectivity index (χ4v) is 3.20. The van der Waals surface area contributed by atoms with Crippen molar-refractivity contribution in [1.29, 1.82) is 0 Å². The molecule has 94 valence electrons. The molecule has 0 aliphatic heterocycles. The van der Waals surface area contributed by atoms with Crippen molar-refractivity contribution in [2.45, 2.75) is 39.0 Å². The van der Waals surface area contributed by atoms with Gasteiger partial charge in [0.15, 0.2) is 0 Å². The average molecular weight is 318 g/mol. The van der Waals surface area contributed by atoms with Crippen molar-refractivity contribution in [3.8, 4) is 0 Å². The first-order valence-electron chi connectivity index (χ1n) is 6.14. The summed E-state index contributed by atoms with van der Waals surface area (Å²) in [6, 6.07) is 1.88. The molecule has 0 unspecified atom stereocenters. The van der Waals surface area contributed by atoms with Crippen molar-refractivity contribution in [2.24, 2.45) is 5.41 Å². The highest BCUT2D eigenvalue weighted by molar-refractivity contribution is 9.10. The molecule has 1 aliphatic rings. The molecule has 0 aromatic carbocycles. The second kappa shape index (κ2) is 5.57. The summed E-state index contributed by atoms with van der Waals surface area (Å²) in [4.78, 5) is 4.30. The van der Waals surface area contributed by atoms with Gasteiger partial charge in [0.05, 0.1) is 9.50 Å². The van der Waals surface area contributed by atoms with Crippen LogP contribution in [0.25, 0.3) is 0 Å². The fraction of sp³-hybridized carbons (Fsp3) is 0.615. The van der Waals surface area contributed by atoms with E-state index in [4.69, 9.17) is 11.6 Å². The molecule has 1 saturated carbocycles. The SMILES string of the molecule is CC1(CNc2ncc(Cl)cc2Br)CCCCC1. The van der Waals surface area contributed by atoms with Crippen molar-refractivity contribution in [2.75, 3.05) is 11.9 Å². The van der Waals surface area contributed by atoms with Gasteiger partial charge >= 0.3 is 0 Å². The Kier molecular flexibility index (Phi) is 4.31. The first-order valence-corrected chi connectivity index (χ1v) is 7.31. The summed E-state index contributed by atoms with van der Waals surface area (Å²) in [6.07, 6.45) is 8.40. The zero-order chi connectivity index (χ0) is 12.3. The van der Waals surface area contributed by atoms with Crippen molar-refractivity contribution in [1.82, 2.24) is 4.98 Å². The van der Waals surface area contributed by atoms with Crippen LogP contribution in [0.2, 0.25) is 5.02 Å². The predicted octanol–water partition coefficient (Wildman–Crippen LogP) is 4.88. The molecule has 0 radical (unpaired) electrons. The van der Waals surface area contributed by atoms with E-state index in [0.717, 1.165) is 16.8 Å². The van der Waals surface area contributed by atoms with Crippen LogP contribution in [0.3, 0.4) is 0 Å². The Labute approximate surface area is 116 Å². The Morgan fingerprint density at radius 2 is 2.12 bits per heavy atom. The monoisotopic (exact) mass is 316 g/mol. The summed E-state index contributed by atoms with van der Waals surface area (Å²) in [5.41, 5.74) is 0.416. The number of anilines is 1. The molecule has 1 aliphatic carbocycles. The number of hydrogen-bond acceptors (Lipinski definition) is 2. The van der Waals surface area contributed by atoms with E-state index in [1.807, 2.05) is 6.07 Å². The van der Waals surface area contributed by atoms with Crippen molar-refractivity contribution < 1.29 is 0 Å². The van der Waals surface area contributed by atoms with Gasteiger partial charge in [-0.25, -0.2) is 4.98 Å². The quantitative estimate of drug-likeness (QED) is 0.859. The van der Waals surface area contributed by atoms with E-state index in [2.05, 4.69) is 33.2 Å². The number of nitrogens with one attached hydrogen (secondary N) is 1. The Morgan fingerprint density at radius 3 is 2.76 bits per heavy atom. The number of rotatable bonds is 3. The molecule has 0 saturated heterocycles. The van der Waals surface area contributed by atoms with Crippen LogP contribution in [0.5, 0.6) is 0 Å². The molecular formula is C13H18BrClN2. The Bertz CT molecular complexity index is 389. The second-order valence-electron chi connectivity index (χ2n) is 5.21. The Morgan fingerprint density at radius 1 is 1.41 bits per heavy atom. The maximum absolute atomic E-state index is 5.87. The van der Waals surface area contributed by atoms with Gasteiger partial charge in [-0.1, -0.05) is 37.8 Å². The highest BCUT2D eigenvalue weighted by Crippen LogP contribution is 2.36. The number of pyridine rings is 1. The van der Waals surface area contributed by atoms with Gasteiger partial charge in [0, 0.05) is 12.7 Å². The van der Waals surface area contributed by atoms with Gasteiger partial charge in [0.2, 0.25) is 0 Å². The summed E-state index contributed by atoms with van der Waals surface area (Å²) in [5, 5.41) is 4.09. The van der Waals surface area contributed by atoms with E-state index in [-0.39, 0.29) is 0 Å². The summed E-state index contributed by atoms with van der Waals surface area (Å²) in [7, 11) is 0. The molecule has 0 atom stereocenters. The third-order valence-corrected chi connectivity index (χ3v) is 4.36. The molecule has 2 rings (SSSR count). The molecule has 0 spiro atoms. The molecule has 0 amide bonds. The zero-order valence-electron chi connectivity index (χ0n) is 10.1. The van der Waals surface area contributed by atoms with Gasteiger partial charge in [-0.15, -0.1) is 0 Å². The lowest BCUT2D eigenvalue weighted by atomic mass is 9.76. The van der Waals surface area contributed by atoms with Gasteiger partial charge in [-0.2, -0.15) is 0 Å². The van der Waals surface area contributed by atoms with Crippen LogP contribution < -0.4 is 5.32 Å². The van der Waals surface area contributed by atoms with E-state index < -0.39 is 0 Å². The average Bonchev–Trinajstić information content (AvgIpc) is 2.29. The summed E-state index contributed by atoms with van der Waals surface area (Å²) in [5.74, 6) is 0.890. The van der Waals surface area contributed by atoms with Crippen LogP contribution in [0.15, 0.2) is 16.7 Å². The minimum Gasteiger partial charge on any atom is -0.369 e. The summed E-state index contributed by atoms with van der Waals surface area (Å²) >= 11 is 9.35. The maximum atomic E-state index is 5.87. The van der Waals surface area contributed by atoms with Gasteiger partial charge in [0.25, 0.3) is 0 Å². The molecule has 17 heavy (non-hydrogen) atoms. The predicted molar refractivity (Wildman–Crippen MR) is 76.6 cm³/mol. The van der Waals surface area contributed by atoms with E-state index in [9.17, 15) is 0 Å². The number of halogens is 2. The third-order valence-electron chi connectivity index (χ3n) is 3.55. The van der Waals surface area contributed by atoms with Crippen molar-refractivity contribution >= 4 is 33.3 Å².